The number of aromatic carboxylic acids is 1. The van der Waals surface area contributed by atoms with E-state index in [1.807, 2.05) is 0 Å². The van der Waals surface area contributed by atoms with E-state index in [1.54, 1.807) is 13.8 Å². The summed E-state index contributed by atoms with van der Waals surface area (Å²) in [5.41, 5.74) is 1.02. The molecular formula is C13H17NO5S. The van der Waals surface area contributed by atoms with Gasteiger partial charge in [-0.15, -0.1) is 0 Å². The van der Waals surface area contributed by atoms with Crippen LogP contribution < -0.4 is 5.32 Å². The van der Waals surface area contributed by atoms with E-state index in [-0.39, 0.29) is 28.5 Å². The Morgan fingerprint density at radius 3 is 2.35 bits per heavy atom. The van der Waals surface area contributed by atoms with Crippen LogP contribution in [0.25, 0.3) is 0 Å². The lowest BCUT2D eigenvalue weighted by atomic mass is 10.1. The summed E-state index contributed by atoms with van der Waals surface area (Å²) in [6, 6.07) is 2.57. The van der Waals surface area contributed by atoms with Crippen LogP contribution in [0.1, 0.15) is 27.9 Å². The van der Waals surface area contributed by atoms with Crippen LogP contribution in [0.3, 0.4) is 0 Å². The lowest BCUT2D eigenvalue weighted by Crippen LogP contribution is -2.22. The van der Waals surface area contributed by atoms with Crippen molar-refractivity contribution in [3.63, 3.8) is 0 Å². The van der Waals surface area contributed by atoms with Gasteiger partial charge in [-0.1, -0.05) is 0 Å². The third-order valence-electron chi connectivity index (χ3n) is 3.08. The molecule has 20 heavy (non-hydrogen) atoms. The van der Waals surface area contributed by atoms with E-state index < -0.39 is 15.8 Å². The number of carbonyl (C=O) groups is 2. The number of carboxylic acids is 1. The zero-order valence-corrected chi connectivity index (χ0v) is 12.4. The molecule has 0 radical (unpaired) electrons. The SMILES string of the molecule is CNC(=O)CCS(=O)(=O)c1cc(C(=O)O)cc(C)c1C. The van der Waals surface area contributed by atoms with Crippen LogP contribution in [0.5, 0.6) is 0 Å². The number of carboxylic acid groups (broad SMARTS) is 1. The number of benzene rings is 1. The van der Waals surface area contributed by atoms with Crippen molar-refractivity contribution in [1.29, 1.82) is 0 Å². The van der Waals surface area contributed by atoms with Gasteiger partial charge in [-0.05, 0) is 37.1 Å². The molecule has 0 fully saturated rings. The first-order valence-electron chi connectivity index (χ1n) is 5.97. The maximum absolute atomic E-state index is 12.2. The molecule has 110 valence electrons. The second kappa shape index (κ2) is 6.04. The molecule has 0 aliphatic heterocycles. The highest BCUT2D eigenvalue weighted by atomic mass is 32.2. The van der Waals surface area contributed by atoms with Crippen LogP contribution >= 0.6 is 0 Å². The Morgan fingerprint density at radius 2 is 1.85 bits per heavy atom. The van der Waals surface area contributed by atoms with Gasteiger partial charge in [0, 0.05) is 13.5 Å². The van der Waals surface area contributed by atoms with Gasteiger partial charge >= 0.3 is 5.97 Å². The number of amides is 1. The molecule has 0 aromatic heterocycles. The molecule has 0 heterocycles. The fourth-order valence-electron chi connectivity index (χ4n) is 1.74. The second-order valence-electron chi connectivity index (χ2n) is 4.46. The van der Waals surface area contributed by atoms with Gasteiger partial charge in [-0.2, -0.15) is 0 Å². The third-order valence-corrected chi connectivity index (χ3v) is 4.91. The van der Waals surface area contributed by atoms with Gasteiger partial charge in [0.1, 0.15) is 0 Å². The number of nitrogens with one attached hydrogen (secondary N) is 1. The fourth-order valence-corrected chi connectivity index (χ4v) is 3.34. The van der Waals surface area contributed by atoms with Crippen LogP contribution in [0, 0.1) is 13.8 Å². The fraction of sp³-hybridized carbons (Fsp3) is 0.385. The standard InChI is InChI=1S/C13H17NO5S/c1-8-6-10(13(16)17)7-11(9(8)2)20(18,19)5-4-12(15)14-3/h6-7H,4-5H2,1-3H3,(H,14,15)(H,16,17). The van der Waals surface area contributed by atoms with Crippen molar-refractivity contribution in [2.75, 3.05) is 12.8 Å². The summed E-state index contributed by atoms with van der Waals surface area (Å²) in [5.74, 6) is -1.91. The molecule has 1 rings (SSSR count). The van der Waals surface area contributed by atoms with Crippen LogP contribution in [0.4, 0.5) is 0 Å². The number of aryl methyl sites for hydroxylation is 1. The predicted molar refractivity (Wildman–Crippen MR) is 73.6 cm³/mol. The summed E-state index contributed by atoms with van der Waals surface area (Å²) in [6.45, 7) is 3.27. The highest BCUT2D eigenvalue weighted by Crippen LogP contribution is 2.22. The van der Waals surface area contributed by atoms with Crippen molar-refractivity contribution >= 4 is 21.7 Å². The predicted octanol–water partition coefficient (Wildman–Crippen LogP) is 0.911. The van der Waals surface area contributed by atoms with Crippen LogP contribution in [0.2, 0.25) is 0 Å². The van der Waals surface area contributed by atoms with E-state index in [4.69, 9.17) is 5.11 Å². The first-order valence-corrected chi connectivity index (χ1v) is 7.62. The van der Waals surface area contributed by atoms with Gasteiger partial charge in [0.15, 0.2) is 9.84 Å². The molecule has 7 heteroatoms. The van der Waals surface area contributed by atoms with E-state index in [1.165, 1.54) is 13.1 Å². The molecule has 0 unspecified atom stereocenters. The smallest absolute Gasteiger partial charge is 0.335 e. The Labute approximate surface area is 117 Å². The molecule has 6 nitrogen and oxygen atoms in total. The Balaban J connectivity index is 3.23. The van der Waals surface area contributed by atoms with E-state index in [0.29, 0.717) is 11.1 Å². The van der Waals surface area contributed by atoms with Gasteiger partial charge < -0.3 is 10.4 Å². The van der Waals surface area contributed by atoms with Crippen molar-refractivity contribution in [3.05, 3.63) is 28.8 Å². The van der Waals surface area contributed by atoms with Crippen LogP contribution in [-0.4, -0.2) is 38.2 Å². The summed E-state index contributed by atoms with van der Waals surface area (Å²) in [5, 5.41) is 11.3. The average molecular weight is 299 g/mol. The lowest BCUT2D eigenvalue weighted by Gasteiger charge is -2.11. The number of rotatable bonds is 5. The Morgan fingerprint density at radius 1 is 1.25 bits per heavy atom. The Hall–Kier alpha value is -1.89. The Bertz CT molecular complexity index is 649. The van der Waals surface area contributed by atoms with Gasteiger partial charge in [0.2, 0.25) is 5.91 Å². The first kappa shape index (κ1) is 16.2. The largest absolute Gasteiger partial charge is 0.478 e. The Kier molecular flexibility index (Phi) is 4.88. The summed E-state index contributed by atoms with van der Waals surface area (Å²) in [4.78, 5) is 22.1. The molecule has 0 spiro atoms. The highest BCUT2D eigenvalue weighted by molar-refractivity contribution is 7.91. The molecule has 1 aromatic carbocycles. The average Bonchev–Trinajstić information content (AvgIpc) is 2.38. The highest BCUT2D eigenvalue weighted by Gasteiger charge is 2.21. The minimum absolute atomic E-state index is 0.0289. The first-order chi connectivity index (χ1) is 9.19. The van der Waals surface area contributed by atoms with Gasteiger partial charge in [-0.3, -0.25) is 4.79 Å². The number of hydrogen-bond acceptors (Lipinski definition) is 4. The quantitative estimate of drug-likeness (QED) is 0.841. The van der Waals surface area contributed by atoms with Crippen LogP contribution in [0.15, 0.2) is 17.0 Å². The zero-order chi connectivity index (χ0) is 15.5. The number of carbonyl (C=O) groups excluding carboxylic acids is 1. The molecule has 0 aliphatic rings. The minimum atomic E-state index is -3.70. The third kappa shape index (κ3) is 3.57. The maximum atomic E-state index is 12.2. The van der Waals surface area contributed by atoms with Crippen LogP contribution in [-0.2, 0) is 14.6 Å². The number of hydrogen-bond donors (Lipinski definition) is 2. The van der Waals surface area contributed by atoms with Crippen molar-refractivity contribution in [3.8, 4) is 0 Å². The molecule has 0 aliphatic carbocycles. The molecule has 0 bridgehead atoms. The maximum Gasteiger partial charge on any atom is 0.335 e. The summed E-state index contributed by atoms with van der Waals surface area (Å²) in [6.07, 6.45) is -0.158. The van der Waals surface area contributed by atoms with Crippen molar-refractivity contribution in [2.45, 2.75) is 25.2 Å². The number of sulfone groups is 1. The normalized spacial score (nSPS) is 11.2. The molecule has 0 saturated carbocycles. The molecule has 0 atom stereocenters. The molecule has 0 saturated heterocycles. The van der Waals surface area contributed by atoms with E-state index in [2.05, 4.69) is 5.32 Å². The summed E-state index contributed by atoms with van der Waals surface area (Å²) in [7, 11) is -2.27. The second-order valence-corrected chi connectivity index (χ2v) is 6.54. The monoisotopic (exact) mass is 299 g/mol. The van der Waals surface area contributed by atoms with E-state index >= 15 is 0 Å². The minimum Gasteiger partial charge on any atom is -0.478 e. The molecular weight excluding hydrogens is 282 g/mol. The summed E-state index contributed by atoms with van der Waals surface area (Å²) < 4.78 is 24.5. The lowest BCUT2D eigenvalue weighted by molar-refractivity contribution is -0.120. The molecule has 1 aromatic rings. The molecule has 2 N–H and O–H groups in total. The molecule has 1 amide bonds. The van der Waals surface area contributed by atoms with E-state index in [9.17, 15) is 18.0 Å². The van der Waals surface area contributed by atoms with Crippen molar-refractivity contribution in [2.24, 2.45) is 0 Å². The zero-order valence-electron chi connectivity index (χ0n) is 11.6. The van der Waals surface area contributed by atoms with E-state index in [0.717, 1.165) is 6.07 Å². The van der Waals surface area contributed by atoms with Gasteiger partial charge in [0.05, 0.1) is 16.2 Å². The summed E-state index contributed by atoms with van der Waals surface area (Å²) >= 11 is 0. The van der Waals surface area contributed by atoms with Gasteiger partial charge in [-0.25, -0.2) is 13.2 Å². The van der Waals surface area contributed by atoms with Crippen molar-refractivity contribution in [1.82, 2.24) is 5.32 Å². The van der Waals surface area contributed by atoms with Crippen molar-refractivity contribution < 1.29 is 23.1 Å². The topological polar surface area (TPSA) is 101 Å². The van der Waals surface area contributed by atoms with Gasteiger partial charge in [0.25, 0.3) is 0 Å².